The highest BCUT2D eigenvalue weighted by molar-refractivity contribution is 5.85. The summed E-state index contributed by atoms with van der Waals surface area (Å²) in [4.78, 5) is 16.8. The number of nitrogens with zero attached hydrogens (tertiary/aromatic N) is 1. The van der Waals surface area contributed by atoms with Gasteiger partial charge in [0, 0.05) is 12.0 Å². The molecule has 1 amide bonds. The number of carbonyl (C=O) groups excluding carboxylic acids is 1. The molecule has 0 aliphatic carbocycles. The highest BCUT2D eigenvalue weighted by atomic mass is 16.5. The van der Waals surface area contributed by atoms with Crippen LogP contribution in [-0.4, -0.2) is 21.6 Å². The Morgan fingerprint density at radius 1 is 1.28 bits per heavy atom. The number of amides is 1. The first-order chi connectivity index (χ1) is 11.7. The molecule has 0 spiro atoms. The van der Waals surface area contributed by atoms with Crippen molar-refractivity contribution in [1.29, 1.82) is 0 Å². The highest BCUT2D eigenvalue weighted by Gasteiger charge is 2.40. The molecule has 2 heterocycles. The monoisotopic (exact) mass is 344 g/mol. The third-order valence-corrected chi connectivity index (χ3v) is 5.26. The molecule has 25 heavy (non-hydrogen) atoms. The molecule has 1 aromatic heterocycles. The number of rotatable bonds is 3. The van der Waals surface area contributed by atoms with Crippen molar-refractivity contribution in [3.63, 3.8) is 0 Å². The Morgan fingerprint density at radius 2 is 2.00 bits per heavy atom. The van der Waals surface area contributed by atoms with Crippen molar-refractivity contribution in [3.05, 3.63) is 40.1 Å². The number of benzene rings is 1. The molecule has 0 saturated carbocycles. The van der Waals surface area contributed by atoms with E-state index >= 15 is 0 Å². The second-order valence-corrected chi connectivity index (χ2v) is 6.90. The Balaban J connectivity index is 1.83. The fourth-order valence-corrected chi connectivity index (χ4v) is 3.26. The molecule has 1 atom stereocenters. The molecule has 6 nitrogen and oxygen atoms in total. The average molecular weight is 344 g/mol. The van der Waals surface area contributed by atoms with Crippen LogP contribution in [0.25, 0.3) is 0 Å². The number of phenols is 1. The maximum absolute atomic E-state index is 12.7. The summed E-state index contributed by atoms with van der Waals surface area (Å²) >= 11 is 0. The van der Waals surface area contributed by atoms with E-state index < -0.39 is 5.60 Å². The fourth-order valence-electron chi connectivity index (χ4n) is 3.26. The van der Waals surface area contributed by atoms with Crippen LogP contribution in [0.3, 0.4) is 0 Å². The van der Waals surface area contributed by atoms with E-state index in [1.54, 1.807) is 6.92 Å². The van der Waals surface area contributed by atoms with E-state index in [4.69, 9.17) is 9.15 Å². The summed E-state index contributed by atoms with van der Waals surface area (Å²) in [6.45, 7) is 9.58. The smallest absolute Gasteiger partial charge is 0.264 e. The fraction of sp³-hybridized carbons (Fsp3) is 0.474. The molecule has 1 aliphatic rings. The lowest BCUT2D eigenvalue weighted by Crippen LogP contribution is -2.50. The summed E-state index contributed by atoms with van der Waals surface area (Å²) < 4.78 is 11.3. The van der Waals surface area contributed by atoms with Gasteiger partial charge in [0.05, 0.1) is 6.54 Å². The molecule has 0 radical (unpaired) electrons. The van der Waals surface area contributed by atoms with Crippen LogP contribution in [0, 0.1) is 27.7 Å². The van der Waals surface area contributed by atoms with Gasteiger partial charge >= 0.3 is 0 Å². The van der Waals surface area contributed by atoms with Crippen molar-refractivity contribution in [1.82, 2.24) is 10.3 Å². The Hall–Kier alpha value is -2.50. The number of hydrogen-bond acceptors (Lipinski definition) is 5. The van der Waals surface area contributed by atoms with Crippen LogP contribution in [0.5, 0.6) is 11.5 Å². The lowest BCUT2D eigenvalue weighted by atomic mass is 9.86. The molecule has 134 valence electrons. The number of oxazole rings is 1. The van der Waals surface area contributed by atoms with Crippen molar-refractivity contribution >= 4 is 5.91 Å². The van der Waals surface area contributed by atoms with Crippen LogP contribution in [0.2, 0.25) is 0 Å². The highest BCUT2D eigenvalue weighted by Crippen LogP contribution is 2.43. The SMILES string of the molecule is Cc1ocnc1CNC(=O)C1(C)CCc2c(C)c(O)c(C)c(C)c2O1. The summed E-state index contributed by atoms with van der Waals surface area (Å²) in [5.74, 6) is 1.55. The van der Waals surface area contributed by atoms with Gasteiger partial charge in [-0.15, -0.1) is 0 Å². The number of nitrogens with one attached hydrogen (secondary N) is 1. The van der Waals surface area contributed by atoms with E-state index in [1.807, 2.05) is 27.7 Å². The number of ether oxygens (including phenoxy) is 1. The molecule has 0 saturated heterocycles. The van der Waals surface area contributed by atoms with E-state index in [-0.39, 0.29) is 5.91 Å². The van der Waals surface area contributed by atoms with Gasteiger partial charge in [-0.05, 0) is 57.7 Å². The molecule has 6 heteroatoms. The quantitative estimate of drug-likeness (QED) is 0.894. The van der Waals surface area contributed by atoms with Crippen LogP contribution in [0.15, 0.2) is 10.8 Å². The van der Waals surface area contributed by atoms with Gasteiger partial charge in [0.15, 0.2) is 12.0 Å². The first kappa shape index (κ1) is 17.3. The molecule has 2 N–H and O–H groups in total. The maximum atomic E-state index is 12.7. The number of fused-ring (bicyclic) bond motifs is 1. The zero-order chi connectivity index (χ0) is 18.4. The summed E-state index contributed by atoms with van der Waals surface area (Å²) in [5, 5.41) is 13.1. The molecular formula is C19H24N2O4. The molecule has 2 aromatic rings. The second-order valence-electron chi connectivity index (χ2n) is 6.90. The lowest BCUT2D eigenvalue weighted by Gasteiger charge is -2.36. The summed E-state index contributed by atoms with van der Waals surface area (Å²) in [5.41, 5.74) is 3.24. The number of aromatic nitrogens is 1. The molecule has 1 aromatic carbocycles. The molecule has 1 unspecified atom stereocenters. The Bertz CT molecular complexity index is 840. The molecule has 0 bridgehead atoms. The van der Waals surface area contributed by atoms with Crippen molar-refractivity contribution in [2.24, 2.45) is 0 Å². The van der Waals surface area contributed by atoms with Gasteiger partial charge in [0.2, 0.25) is 0 Å². The normalized spacial score (nSPS) is 19.2. The van der Waals surface area contributed by atoms with Gasteiger partial charge in [-0.2, -0.15) is 0 Å². The number of phenolic OH excluding ortho intramolecular Hbond substituents is 1. The second kappa shape index (κ2) is 6.10. The van der Waals surface area contributed by atoms with Crippen LogP contribution in [0.4, 0.5) is 0 Å². The summed E-state index contributed by atoms with van der Waals surface area (Å²) in [6.07, 6.45) is 2.60. The number of aromatic hydroxyl groups is 1. The van der Waals surface area contributed by atoms with Crippen LogP contribution in [-0.2, 0) is 17.8 Å². The van der Waals surface area contributed by atoms with Gasteiger partial charge in [-0.3, -0.25) is 4.79 Å². The van der Waals surface area contributed by atoms with Crippen molar-refractivity contribution in [3.8, 4) is 11.5 Å². The standard InChI is InChI=1S/C19H24N2O4/c1-10-11(2)17-14(12(3)16(10)22)6-7-19(5,25-17)18(23)20-8-15-13(4)24-9-21-15/h9,22H,6-8H2,1-5H3,(H,20,23). The van der Waals surface area contributed by atoms with Crippen molar-refractivity contribution in [2.75, 3.05) is 0 Å². The van der Waals surface area contributed by atoms with Crippen LogP contribution in [0.1, 0.15) is 47.1 Å². The number of carbonyl (C=O) groups is 1. The van der Waals surface area contributed by atoms with Gasteiger partial charge < -0.3 is 19.6 Å². The van der Waals surface area contributed by atoms with E-state index in [9.17, 15) is 9.90 Å². The van der Waals surface area contributed by atoms with Gasteiger partial charge in [0.1, 0.15) is 23.0 Å². The predicted molar refractivity (Wildman–Crippen MR) is 92.8 cm³/mol. The zero-order valence-corrected chi connectivity index (χ0v) is 15.3. The first-order valence-corrected chi connectivity index (χ1v) is 8.42. The van der Waals surface area contributed by atoms with Crippen LogP contribution >= 0.6 is 0 Å². The third kappa shape index (κ3) is 2.86. The topological polar surface area (TPSA) is 84.6 Å². The number of hydrogen-bond donors (Lipinski definition) is 2. The molecule has 0 fully saturated rings. The first-order valence-electron chi connectivity index (χ1n) is 8.42. The Morgan fingerprint density at radius 3 is 2.64 bits per heavy atom. The predicted octanol–water partition coefficient (Wildman–Crippen LogP) is 3.01. The molecular weight excluding hydrogens is 320 g/mol. The van der Waals surface area contributed by atoms with Gasteiger partial charge in [-0.25, -0.2) is 4.98 Å². The van der Waals surface area contributed by atoms with E-state index in [2.05, 4.69) is 10.3 Å². The number of aryl methyl sites for hydroxylation is 1. The van der Waals surface area contributed by atoms with E-state index in [1.165, 1.54) is 6.39 Å². The van der Waals surface area contributed by atoms with Gasteiger partial charge in [-0.1, -0.05) is 0 Å². The summed E-state index contributed by atoms with van der Waals surface area (Å²) in [7, 11) is 0. The third-order valence-electron chi connectivity index (χ3n) is 5.26. The largest absolute Gasteiger partial charge is 0.507 e. The minimum Gasteiger partial charge on any atom is -0.507 e. The van der Waals surface area contributed by atoms with E-state index in [0.717, 1.165) is 22.3 Å². The molecule has 3 rings (SSSR count). The Labute approximate surface area is 147 Å². The van der Waals surface area contributed by atoms with Crippen LogP contribution < -0.4 is 10.1 Å². The minimum absolute atomic E-state index is 0.177. The lowest BCUT2D eigenvalue weighted by molar-refractivity contribution is -0.137. The molecule has 1 aliphatic heterocycles. The van der Waals surface area contributed by atoms with E-state index in [0.29, 0.717) is 42.3 Å². The van der Waals surface area contributed by atoms with Gasteiger partial charge in [0.25, 0.3) is 5.91 Å². The van der Waals surface area contributed by atoms with Crippen molar-refractivity contribution < 1.29 is 19.1 Å². The van der Waals surface area contributed by atoms with Crippen molar-refractivity contribution in [2.45, 2.75) is 59.6 Å². The minimum atomic E-state index is -0.953. The summed E-state index contributed by atoms with van der Waals surface area (Å²) in [6, 6.07) is 0. The zero-order valence-electron chi connectivity index (χ0n) is 15.3. The Kier molecular flexibility index (Phi) is 4.22. The maximum Gasteiger partial charge on any atom is 0.264 e. The average Bonchev–Trinajstić information content (AvgIpc) is 3.00.